The van der Waals surface area contributed by atoms with Gasteiger partial charge >= 0.3 is 5.92 Å². The van der Waals surface area contributed by atoms with Crippen LogP contribution in [-0.4, -0.2) is 76.2 Å². The molecule has 0 spiro atoms. The highest BCUT2D eigenvalue weighted by Crippen LogP contribution is 2.30. The van der Waals surface area contributed by atoms with Gasteiger partial charge in [-0.05, 0) is 14.0 Å². The highest BCUT2D eigenvalue weighted by Gasteiger charge is 2.29. The average Bonchev–Trinajstić information content (AvgIpc) is 3.13. The summed E-state index contributed by atoms with van der Waals surface area (Å²) in [6.45, 7) is 5.75. The molecule has 0 radical (unpaired) electrons. The third kappa shape index (κ3) is 4.93. The Kier molecular flexibility index (Phi) is 6.74. The number of carbonyl (C=O) groups is 1. The first-order chi connectivity index (χ1) is 14.8. The number of likely N-dealkylation sites (N-methyl/N-ethyl adjacent to an activating group) is 1. The molecule has 1 aliphatic rings. The van der Waals surface area contributed by atoms with Gasteiger partial charge in [0.05, 0.1) is 10.9 Å². The first-order valence-electron chi connectivity index (χ1n) is 9.90. The minimum Gasteiger partial charge on any atom is -0.373 e. The number of alkyl halides is 2. The van der Waals surface area contributed by atoms with Gasteiger partial charge in [0.25, 0.3) is 0 Å². The molecule has 0 aliphatic carbocycles. The second-order valence-corrected chi connectivity index (χ2v) is 7.22. The molecule has 0 aromatic carbocycles. The molecule has 3 aromatic rings. The van der Waals surface area contributed by atoms with Gasteiger partial charge in [0.15, 0.2) is 11.6 Å². The van der Waals surface area contributed by atoms with Gasteiger partial charge in [-0.25, -0.2) is 19.6 Å². The summed E-state index contributed by atoms with van der Waals surface area (Å²) in [5.74, 6) is -1.92. The topological polar surface area (TPSA) is 92.1 Å². The van der Waals surface area contributed by atoms with Gasteiger partial charge < -0.3 is 19.9 Å². The number of anilines is 2. The first kappa shape index (κ1) is 22.5. The molecule has 1 saturated heterocycles. The van der Waals surface area contributed by atoms with E-state index in [9.17, 15) is 8.78 Å². The number of nitrogens with zero attached hydrogens (tertiary/aromatic N) is 7. The van der Waals surface area contributed by atoms with Crippen LogP contribution >= 0.6 is 0 Å². The van der Waals surface area contributed by atoms with Gasteiger partial charge in [-0.2, -0.15) is 8.78 Å². The molecule has 3 aromatic heterocycles. The molecule has 11 heteroatoms. The highest BCUT2D eigenvalue weighted by molar-refractivity contribution is 5.92. The molecule has 4 heterocycles. The largest absolute Gasteiger partial charge is 0.373 e. The maximum Gasteiger partial charge on any atom is 0.303 e. The van der Waals surface area contributed by atoms with Gasteiger partial charge in [0.1, 0.15) is 12.1 Å². The van der Waals surface area contributed by atoms with Crippen molar-refractivity contribution in [1.29, 1.82) is 0 Å². The number of nitrogens with one attached hydrogen (secondary N) is 1. The highest BCUT2D eigenvalue weighted by atomic mass is 19.3. The SMILES string of the molecule is CC=O.CNc1cc2c(cn1)c(N1CCN(C)CC1)nn2-c1ccnc(C(C)(F)F)n1. The number of pyridine rings is 1. The van der Waals surface area contributed by atoms with E-state index in [1.165, 1.54) is 13.1 Å². The van der Waals surface area contributed by atoms with E-state index < -0.39 is 11.7 Å². The van der Waals surface area contributed by atoms with Crippen LogP contribution in [0.4, 0.5) is 20.4 Å². The van der Waals surface area contributed by atoms with Crippen LogP contribution in [-0.2, 0) is 10.7 Å². The lowest BCUT2D eigenvalue weighted by molar-refractivity contribution is -0.106. The number of piperazine rings is 1. The standard InChI is InChI=1S/C18H22F2N8.C2H4O/c1-18(19,20)17-22-5-4-15(24-17)28-13-10-14(21-2)23-11-12(13)16(25-28)27-8-6-26(3)7-9-27;1-2-3/h4-5,10-11H,6-9H2,1-3H3,(H,21,23);2H,1H3. The zero-order valence-electron chi connectivity index (χ0n) is 18.0. The summed E-state index contributed by atoms with van der Waals surface area (Å²) in [7, 11) is 3.86. The number of hydrogen-bond acceptors (Lipinski definition) is 8. The molecule has 0 saturated carbocycles. The molecule has 1 aliphatic heterocycles. The summed E-state index contributed by atoms with van der Waals surface area (Å²) in [5, 5.41) is 8.58. The van der Waals surface area contributed by atoms with Crippen LogP contribution in [0.15, 0.2) is 24.5 Å². The first-order valence-corrected chi connectivity index (χ1v) is 9.90. The van der Waals surface area contributed by atoms with Crippen LogP contribution < -0.4 is 10.2 Å². The molecular weight excluding hydrogens is 406 g/mol. The number of hydrogen-bond donors (Lipinski definition) is 1. The van der Waals surface area contributed by atoms with E-state index in [0.29, 0.717) is 11.6 Å². The number of halogens is 2. The molecule has 0 bridgehead atoms. The maximum atomic E-state index is 13.7. The quantitative estimate of drug-likeness (QED) is 0.628. The summed E-state index contributed by atoms with van der Waals surface area (Å²) in [6.07, 6.45) is 3.84. The zero-order valence-corrected chi connectivity index (χ0v) is 18.0. The van der Waals surface area contributed by atoms with Gasteiger partial charge in [-0.15, -0.1) is 5.10 Å². The van der Waals surface area contributed by atoms with E-state index in [2.05, 4.69) is 37.1 Å². The average molecular weight is 432 g/mol. The van der Waals surface area contributed by atoms with Crippen molar-refractivity contribution in [3.05, 3.63) is 30.4 Å². The van der Waals surface area contributed by atoms with Gasteiger partial charge in [-0.1, -0.05) is 0 Å². The van der Waals surface area contributed by atoms with Crippen molar-refractivity contribution in [2.75, 3.05) is 50.5 Å². The summed E-state index contributed by atoms with van der Waals surface area (Å²) >= 11 is 0. The Labute approximate surface area is 179 Å². The lowest BCUT2D eigenvalue weighted by Gasteiger charge is -2.32. The Balaban J connectivity index is 0.000000858. The fourth-order valence-corrected chi connectivity index (χ4v) is 3.24. The number of aldehydes is 1. The summed E-state index contributed by atoms with van der Waals surface area (Å²) in [5.41, 5.74) is 0.748. The summed E-state index contributed by atoms with van der Waals surface area (Å²) < 4.78 is 29.0. The van der Waals surface area contributed by atoms with Crippen molar-refractivity contribution in [3.63, 3.8) is 0 Å². The Bertz CT molecular complexity index is 1040. The fraction of sp³-hybridized carbons (Fsp3) is 0.450. The lowest BCUT2D eigenvalue weighted by Crippen LogP contribution is -2.44. The molecule has 0 unspecified atom stereocenters. The third-order valence-corrected chi connectivity index (χ3v) is 4.86. The molecule has 0 amide bonds. The van der Waals surface area contributed by atoms with Crippen molar-refractivity contribution >= 4 is 28.8 Å². The van der Waals surface area contributed by atoms with Gasteiger partial charge in [-0.3, -0.25) is 0 Å². The van der Waals surface area contributed by atoms with Crippen LogP contribution in [0.2, 0.25) is 0 Å². The molecule has 1 fully saturated rings. The minimum atomic E-state index is -3.13. The second-order valence-electron chi connectivity index (χ2n) is 7.22. The van der Waals surface area contributed by atoms with E-state index >= 15 is 0 Å². The van der Waals surface area contributed by atoms with E-state index in [1.54, 1.807) is 24.0 Å². The van der Waals surface area contributed by atoms with E-state index in [4.69, 9.17) is 9.89 Å². The molecular formula is C20H26F2N8O. The minimum absolute atomic E-state index is 0.296. The normalized spacial score (nSPS) is 14.8. The van der Waals surface area contributed by atoms with E-state index in [-0.39, 0.29) is 0 Å². The van der Waals surface area contributed by atoms with Gasteiger partial charge in [0.2, 0.25) is 5.82 Å². The summed E-state index contributed by atoms with van der Waals surface area (Å²) in [6, 6.07) is 3.42. The fourth-order valence-electron chi connectivity index (χ4n) is 3.24. The van der Waals surface area contributed by atoms with Crippen LogP contribution in [0.1, 0.15) is 19.7 Å². The predicted molar refractivity (Wildman–Crippen MR) is 115 cm³/mol. The lowest BCUT2D eigenvalue weighted by atomic mass is 10.2. The Morgan fingerprint density at radius 1 is 1.19 bits per heavy atom. The van der Waals surface area contributed by atoms with Crippen molar-refractivity contribution in [3.8, 4) is 5.82 Å². The smallest absolute Gasteiger partial charge is 0.303 e. The zero-order chi connectivity index (χ0) is 22.6. The monoisotopic (exact) mass is 432 g/mol. The van der Waals surface area contributed by atoms with Gasteiger partial charge in [0, 0.05) is 64.7 Å². The van der Waals surface area contributed by atoms with Crippen molar-refractivity contribution in [2.24, 2.45) is 0 Å². The van der Waals surface area contributed by atoms with Crippen molar-refractivity contribution in [1.82, 2.24) is 29.6 Å². The number of carbonyl (C=O) groups excluding carboxylic acids is 1. The number of fused-ring (bicyclic) bond motifs is 1. The molecule has 1 N–H and O–H groups in total. The summed E-state index contributed by atoms with van der Waals surface area (Å²) in [4.78, 5) is 25.4. The number of aromatic nitrogens is 5. The van der Waals surface area contributed by atoms with Crippen LogP contribution in [0, 0.1) is 0 Å². The second kappa shape index (κ2) is 9.29. The third-order valence-electron chi connectivity index (χ3n) is 4.86. The van der Waals surface area contributed by atoms with E-state index in [0.717, 1.165) is 56.1 Å². The van der Waals surface area contributed by atoms with Crippen LogP contribution in [0.5, 0.6) is 0 Å². The Morgan fingerprint density at radius 2 is 1.87 bits per heavy atom. The van der Waals surface area contributed by atoms with Crippen molar-refractivity contribution in [2.45, 2.75) is 19.8 Å². The Hall–Kier alpha value is -3.21. The molecule has 9 nitrogen and oxygen atoms in total. The molecule has 166 valence electrons. The molecule has 4 rings (SSSR count). The maximum absolute atomic E-state index is 13.7. The van der Waals surface area contributed by atoms with Crippen LogP contribution in [0.3, 0.4) is 0 Å². The Morgan fingerprint density at radius 3 is 2.48 bits per heavy atom. The predicted octanol–water partition coefficient (Wildman–Crippen LogP) is 2.32. The number of rotatable bonds is 4. The molecule has 31 heavy (non-hydrogen) atoms. The van der Waals surface area contributed by atoms with E-state index in [1.807, 2.05) is 6.07 Å². The van der Waals surface area contributed by atoms with Crippen molar-refractivity contribution < 1.29 is 13.6 Å². The molecule has 0 atom stereocenters. The van der Waals surface area contributed by atoms with Crippen LogP contribution in [0.25, 0.3) is 16.7 Å².